The summed E-state index contributed by atoms with van der Waals surface area (Å²) in [6.07, 6.45) is 4.21. The lowest BCUT2D eigenvalue weighted by atomic mass is 9.98. The van der Waals surface area contributed by atoms with Gasteiger partial charge in [-0.05, 0) is 84.2 Å². The van der Waals surface area contributed by atoms with Crippen molar-refractivity contribution in [2.24, 2.45) is 0 Å². The summed E-state index contributed by atoms with van der Waals surface area (Å²) in [7, 11) is 0. The first-order chi connectivity index (χ1) is 13.0. The van der Waals surface area contributed by atoms with Crippen LogP contribution in [-0.4, -0.2) is 10.2 Å². The van der Waals surface area contributed by atoms with Crippen LogP contribution in [0.2, 0.25) is 5.02 Å². The summed E-state index contributed by atoms with van der Waals surface area (Å²) < 4.78 is 0. The van der Waals surface area contributed by atoms with Crippen LogP contribution in [0, 0.1) is 0 Å². The molecule has 0 saturated carbocycles. The number of phenolic OH excluding ortho intramolecular Hbond substituents is 2. The van der Waals surface area contributed by atoms with Crippen molar-refractivity contribution in [2.45, 2.75) is 39.0 Å². The van der Waals surface area contributed by atoms with Gasteiger partial charge in [0.25, 0.3) is 0 Å². The molecule has 0 atom stereocenters. The largest absolute Gasteiger partial charge is 0.508 e. The van der Waals surface area contributed by atoms with E-state index in [1.807, 2.05) is 30.3 Å². The number of hydrogen-bond donors (Lipinski definition) is 2. The normalized spacial score (nSPS) is 10.9. The van der Waals surface area contributed by atoms with Crippen LogP contribution in [0.4, 0.5) is 0 Å². The van der Waals surface area contributed by atoms with Gasteiger partial charge < -0.3 is 10.2 Å². The van der Waals surface area contributed by atoms with Crippen molar-refractivity contribution in [1.29, 1.82) is 0 Å². The average Bonchev–Trinajstić information content (AvgIpc) is 2.66. The highest BCUT2D eigenvalue weighted by molar-refractivity contribution is 6.31. The van der Waals surface area contributed by atoms with Crippen LogP contribution in [0.3, 0.4) is 0 Å². The molecule has 3 aromatic carbocycles. The summed E-state index contributed by atoms with van der Waals surface area (Å²) >= 11 is 6.29. The summed E-state index contributed by atoms with van der Waals surface area (Å²) in [5.74, 6) is 0.637. The quantitative estimate of drug-likeness (QED) is 0.537. The summed E-state index contributed by atoms with van der Waals surface area (Å²) in [6.45, 7) is 2.10. The Labute approximate surface area is 166 Å². The van der Waals surface area contributed by atoms with E-state index in [1.165, 1.54) is 11.1 Å². The molecule has 0 amide bonds. The van der Waals surface area contributed by atoms with Gasteiger partial charge in [0, 0.05) is 5.02 Å². The predicted molar refractivity (Wildman–Crippen MR) is 112 cm³/mol. The van der Waals surface area contributed by atoms with Crippen molar-refractivity contribution in [3.63, 3.8) is 0 Å². The standard InChI is InChI=1S/C24H25ClO2/c1-2-20-11-8-18(15-23(20)25)9-12-21-13-10-19(16-24(21)27)7-6-17-4-3-5-22(26)14-17/h3-5,8,10-11,13-16,26-27H,2,6-7,9,12H2,1H3. The number of rotatable bonds is 7. The summed E-state index contributed by atoms with van der Waals surface area (Å²) in [5, 5.41) is 20.7. The lowest BCUT2D eigenvalue weighted by molar-refractivity contribution is 0.467. The first-order valence-corrected chi connectivity index (χ1v) is 9.79. The van der Waals surface area contributed by atoms with Crippen molar-refractivity contribution >= 4 is 11.6 Å². The van der Waals surface area contributed by atoms with Gasteiger partial charge in [0.1, 0.15) is 11.5 Å². The molecule has 0 unspecified atom stereocenters. The van der Waals surface area contributed by atoms with Gasteiger partial charge in [-0.15, -0.1) is 0 Å². The molecule has 0 radical (unpaired) electrons. The van der Waals surface area contributed by atoms with E-state index in [-0.39, 0.29) is 5.75 Å². The third-order valence-corrected chi connectivity index (χ3v) is 5.30. The lowest BCUT2D eigenvalue weighted by Crippen LogP contribution is -1.96. The van der Waals surface area contributed by atoms with Gasteiger partial charge in [0.2, 0.25) is 0 Å². The van der Waals surface area contributed by atoms with Crippen LogP contribution in [0.15, 0.2) is 60.7 Å². The zero-order valence-corrected chi connectivity index (χ0v) is 16.3. The molecule has 3 rings (SSSR count). The van der Waals surface area contributed by atoms with Crippen molar-refractivity contribution in [1.82, 2.24) is 0 Å². The molecule has 140 valence electrons. The Hall–Kier alpha value is -2.45. The Morgan fingerprint density at radius 2 is 1.33 bits per heavy atom. The van der Waals surface area contributed by atoms with Gasteiger partial charge in [-0.3, -0.25) is 0 Å². The molecule has 0 aliphatic rings. The van der Waals surface area contributed by atoms with E-state index < -0.39 is 0 Å². The van der Waals surface area contributed by atoms with Crippen LogP contribution in [0.5, 0.6) is 11.5 Å². The fourth-order valence-electron chi connectivity index (χ4n) is 3.29. The van der Waals surface area contributed by atoms with Gasteiger partial charge in [0.15, 0.2) is 0 Å². The summed E-state index contributed by atoms with van der Waals surface area (Å²) in [4.78, 5) is 0. The molecule has 0 fully saturated rings. The Bertz CT molecular complexity index is 918. The summed E-state index contributed by atoms with van der Waals surface area (Å²) in [5.41, 5.74) is 5.48. The maximum Gasteiger partial charge on any atom is 0.119 e. The fourth-order valence-corrected chi connectivity index (χ4v) is 3.63. The van der Waals surface area contributed by atoms with E-state index in [1.54, 1.807) is 12.1 Å². The van der Waals surface area contributed by atoms with Crippen molar-refractivity contribution in [3.05, 3.63) is 93.5 Å². The van der Waals surface area contributed by atoms with Crippen molar-refractivity contribution in [3.8, 4) is 11.5 Å². The van der Waals surface area contributed by atoms with E-state index in [0.717, 1.165) is 53.8 Å². The van der Waals surface area contributed by atoms with E-state index in [9.17, 15) is 10.2 Å². The van der Waals surface area contributed by atoms with Gasteiger partial charge >= 0.3 is 0 Å². The zero-order valence-electron chi connectivity index (χ0n) is 15.6. The van der Waals surface area contributed by atoms with E-state index in [4.69, 9.17) is 11.6 Å². The second kappa shape index (κ2) is 8.96. The summed E-state index contributed by atoms with van der Waals surface area (Å²) in [6, 6.07) is 19.5. The molecule has 0 heterocycles. The van der Waals surface area contributed by atoms with Crippen LogP contribution in [-0.2, 0) is 32.1 Å². The Kier molecular flexibility index (Phi) is 6.41. The highest BCUT2D eigenvalue weighted by Crippen LogP contribution is 2.24. The fraction of sp³-hybridized carbons (Fsp3) is 0.250. The molecule has 0 aromatic heterocycles. The molecule has 27 heavy (non-hydrogen) atoms. The Morgan fingerprint density at radius 1 is 0.704 bits per heavy atom. The van der Waals surface area contributed by atoms with Crippen molar-refractivity contribution in [2.75, 3.05) is 0 Å². The molecule has 2 nitrogen and oxygen atoms in total. The number of phenols is 2. The van der Waals surface area contributed by atoms with Crippen LogP contribution in [0.1, 0.15) is 34.7 Å². The predicted octanol–water partition coefficient (Wildman–Crippen LogP) is 5.88. The molecule has 3 aromatic rings. The Balaban J connectivity index is 1.60. The highest BCUT2D eigenvalue weighted by Gasteiger charge is 2.06. The van der Waals surface area contributed by atoms with Gasteiger partial charge in [-0.25, -0.2) is 0 Å². The third-order valence-electron chi connectivity index (χ3n) is 4.94. The molecular weight excluding hydrogens is 356 g/mol. The second-order valence-corrected chi connectivity index (χ2v) is 7.32. The van der Waals surface area contributed by atoms with E-state index in [2.05, 4.69) is 25.1 Å². The molecular formula is C24H25ClO2. The maximum absolute atomic E-state index is 10.4. The maximum atomic E-state index is 10.4. The smallest absolute Gasteiger partial charge is 0.119 e. The first-order valence-electron chi connectivity index (χ1n) is 9.41. The molecule has 3 heteroatoms. The number of aromatic hydroxyl groups is 2. The average molecular weight is 381 g/mol. The SMILES string of the molecule is CCc1ccc(CCc2ccc(CCc3cccc(O)c3)cc2O)cc1Cl. The number of hydrogen-bond acceptors (Lipinski definition) is 2. The monoisotopic (exact) mass is 380 g/mol. The molecule has 0 bridgehead atoms. The molecule has 0 spiro atoms. The number of aryl methyl sites for hydroxylation is 5. The van der Waals surface area contributed by atoms with Crippen LogP contribution < -0.4 is 0 Å². The Morgan fingerprint density at radius 3 is 1.96 bits per heavy atom. The number of halogens is 1. The molecule has 0 saturated heterocycles. The topological polar surface area (TPSA) is 40.5 Å². The second-order valence-electron chi connectivity index (χ2n) is 6.91. The minimum absolute atomic E-state index is 0.290. The van der Waals surface area contributed by atoms with E-state index >= 15 is 0 Å². The van der Waals surface area contributed by atoms with Crippen LogP contribution >= 0.6 is 11.6 Å². The van der Waals surface area contributed by atoms with Gasteiger partial charge in [0.05, 0.1) is 0 Å². The number of benzene rings is 3. The molecule has 0 aliphatic heterocycles. The zero-order chi connectivity index (χ0) is 19.2. The van der Waals surface area contributed by atoms with Gasteiger partial charge in [-0.2, -0.15) is 0 Å². The third kappa shape index (κ3) is 5.27. The highest BCUT2D eigenvalue weighted by atomic mass is 35.5. The van der Waals surface area contributed by atoms with Gasteiger partial charge in [-0.1, -0.05) is 54.9 Å². The van der Waals surface area contributed by atoms with E-state index in [0.29, 0.717) is 5.75 Å². The lowest BCUT2D eigenvalue weighted by Gasteiger charge is -2.09. The van der Waals surface area contributed by atoms with Crippen molar-refractivity contribution < 1.29 is 10.2 Å². The minimum atomic E-state index is 0.290. The van der Waals surface area contributed by atoms with Crippen LogP contribution in [0.25, 0.3) is 0 Å². The molecule has 2 N–H and O–H groups in total. The first kappa shape index (κ1) is 19.3. The minimum Gasteiger partial charge on any atom is -0.508 e. The molecule has 0 aliphatic carbocycles.